The predicted octanol–water partition coefficient (Wildman–Crippen LogP) is 3.01. The number of amides is 1. The van der Waals surface area contributed by atoms with E-state index in [9.17, 15) is 4.79 Å². The molecule has 0 aliphatic heterocycles. The second kappa shape index (κ2) is 8.11. The Bertz CT molecular complexity index is 259. The molecule has 19 heavy (non-hydrogen) atoms. The molecule has 0 radical (unpaired) electrons. The molecular weight excluding hydrogens is 260 g/mol. The van der Waals surface area contributed by atoms with Crippen molar-refractivity contribution in [2.24, 2.45) is 17.6 Å². The fourth-order valence-electron chi connectivity index (χ4n) is 3.52. The van der Waals surface area contributed by atoms with Crippen molar-refractivity contribution in [2.75, 3.05) is 0 Å². The van der Waals surface area contributed by atoms with Gasteiger partial charge in [0.1, 0.15) is 0 Å². The van der Waals surface area contributed by atoms with E-state index in [0.717, 1.165) is 19.3 Å². The summed E-state index contributed by atoms with van der Waals surface area (Å²) in [6.07, 6.45) is 10.3. The summed E-state index contributed by atoms with van der Waals surface area (Å²) in [6.45, 7) is 2.26. The third-order valence-electron chi connectivity index (χ3n) is 4.87. The van der Waals surface area contributed by atoms with Crippen LogP contribution in [0.25, 0.3) is 0 Å². The molecule has 3 N–H and O–H groups in total. The topological polar surface area (TPSA) is 55.1 Å². The number of rotatable bonds is 3. The standard InChI is InChI=1S/C15H28N2O.ClH/c1-11-6-2-5-9-14(11)17-15(18)10-12-7-3-4-8-13(12)16;/h11-14H,2-10,16H2,1H3,(H,17,18);1H. The van der Waals surface area contributed by atoms with E-state index < -0.39 is 0 Å². The van der Waals surface area contributed by atoms with Gasteiger partial charge >= 0.3 is 0 Å². The van der Waals surface area contributed by atoms with E-state index in [4.69, 9.17) is 5.73 Å². The minimum absolute atomic E-state index is 0. The minimum Gasteiger partial charge on any atom is -0.353 e. The number of nitrogens with one attached hydrogen (secondary N) is 1. The summed E-state index contributed by atoms with van der Waals surface area (Å²) >= 11 is 0. The molecule has 1 amide bonds. The van der Waals surface area contributed by atoms with Gasteiger partial charge in [0, 0.05) is 18.5 Å². The van der Waals surface area contributed by atoms with E-state index in [1.54, 1.807) is 0 Å². The van der Waals surface area contributed by atoms with Crippen LogP contribution in [-0.2, 0) is 4.79 Å². The summed E-state index contributed by atoms with van der Waals surface area (Å²) in [5.41, 5.74) is 6.11. The number of carbonyl (C=O) groups is 1. The van der Waals surface area contributed by atoms with Crippen LogP contribution >= 0.6 is 12.4 Å². The van der Waals surface area contributed by atoms with Crippen LogP contribution in [0.4, 0.5) is 0 Å². The Hall–Kier alpha value is -0.280. The molecule has 2 fully saturated rings. The number of hydrogen-bond acceptors (Lipinski definition) is 2. The van der Waals surface area contributed by atoms with Crippen molar-refractivity contribution in [1.29, 1.82) is 0 Å². The predicted molar refractivity (Wildman–Crippen MR) is 81.4 cm³/mol. The highest BCUT2D eigenvalue weighted by Gasteiger charge is 2.27. The van der Waals surface area contributed by atoms with Crippen molar-refractivity contribution in [3.8, 4) is 0 Å². The summed E-state index contributed by atoms with van der Waals surface area (Å²) < 4.78 is 0. The molecule has 4 heteroatoms. The zero-order chi connectivity index (χ0) is 13.0. The highest BCUT2D eigenvalue weighted by atomic mass is 35.5. The van der Waals surface area contributed by atoms with E-state index in [2.05, 4.69) is 12.2 Å². The van der Waals surface area contributed by atoms with Crippen LogP contribution in [0, 0.1) is 11.8 Å². The number of nitrogens with two attached hydrogens (primary N) is 1. The lowest BCUT2D eigenvalue weighted by molar-refractivity contribution is -0.123. The molecule has 4 atom stereocenters. The van der Waals surface area contributed by atoms with Crippen LogP contribution < -0.4 is 11.1 Å². The lowest BCUT2D eigenvalue weighted by Gasteiger charge is -2.32. The van der Waals surface area contributed by atoms with Gasteiger partial charge in [-0.15, -0.1) is 12.4 Å². The molecular formula is C15H29ClN2O. The van der Waals surface area contributed by atoms with Gasteiger partial charge < -0.3 is 11.1 Å². The number of halogens is 1. The van der Waals surface area contributed by atoms with Gasteiger partial charge in [-0.05, 0) is 37.5 Å². The first-order valence-electron chi connectivity index (χ1n) is 7.71. The third-order valence-corrected chi connectivity index (χ3v) is 4.87. The molecule has 2 saturated carbocycles. The zero-order valence-corrected chi connectivity index (χ0v) is 12.9. The van der Waals surface area contributed by atoms with Gasteiger partial charge in [-0.25, -0.2) is 0 Å². The Kier molecular flexibility index (Phi) is 7.16. The van der Waals surface area contributed by atoms with Crippen LogP contribution in [0.5, 0.6) is 0 Å². The summed E-state index contributed by atoms with van der Waals surface area (Å²) in [7, 11) is 0. The second-order valence-corrected chi connectivity index (χ2v) is 6.35. The smallest absolute Gasteiger partial charge is 0.220 e. The Morgan fingerprint density at radius 2 is 1.74 bits per heavy atom. The van der Waals surface area contributed by atoms with Crippen molar-refractivity contribution in [2.45, 2.75) is 76.8 Å². The second-order valence-electron chi connectivity index (χ2n) is 6.35. The monoisotopic (exact) mass is 288 g/mol. The van der Waals surface area contributed by atoms with Crippen LogP contribution in [0.1, 0.15) is 64.7 Å². The molecule has 2 rings (SSSR count). The van der Waals surface area contributed by atoms with Crippen LogP contribution in [0.15, 0.2) is 0 Å². The number of hydrogen-bond donors (Lipinski definition) is 2. The van der Waals surface area contributed by atoms with Crippen molar-refractivity contribution < 1.29 is 4.79 Å². The normalized spacial score (nSPS) is 35.3. The molecule has 112 valence electrons. The van der Waals surface area contributed by atoms with E-state index in [1.165, 1.54) is 32.1 Å². The summed E-state index contributed by atoms with van der Waals surface area (Å²) in [5, 5.41) is 3.24. The van der Waals surface area contributed by atoms with Gasteiger partial charge in [0.25, 0.3) is 0 Å². The first-order valence-corrected chi connectivity index (χ1v) is 7.71. The lowest BCUT2D eigenvalue weighted by atomic mass is 9.82. The van der Waals surface area contributed by atoms with Gasteiger partial charge in [0.15, 0.2) is 0 Å². The zero-order valence-electron chi connectivity index (χ0n) is 12.1. The van der Waals surface area contributed by atoms with Crippen LogP contribution in [-0.4, -0.2) is 18.0 Å². The highest BCUT2D eigenvalue weighted by molar-refractivity contribution is 5.85. The number of carbonyl (C=O) groups excluding carboxylic acids is 1. The van der Waals surface area contributed by atoms with E-state index in [0.29, 0.717) is 24.3 Å². The van der Waals surface area contributed by atoms with E-state index in [-0.39, 0.29) is 24.4 Å². The Labute approximate surface area is 123 Å². The average Bonchev–Trinajstić information content (AvgIpc) is 2.35. The molecule has 0 bridgehead atoms. The Morgan fingerprint density at radius 3 is 2.42 bits per heavy atom. The first-order chi connectivity index (χ1) is 8.66. The van der Waals surface area contributed by atoms with Gasteiger partial charge in [-0.2, -0.15) is 0 Å². The highest BCUT2D eigenvalue weighted by Crippen LogP contribution is 2.27. The van der Waals surface area contributed by atoms with Crippen molar-refractivity contribution in [3.05, 3.63) is 0 Å². The summed E-state index contributed by atoms with van der Waals surface area (Å²) in [4.78, 5) is 12.1. The molecule has 0 aromatic carbocycles. The summed E-state index contributed by atoms with van der Waals surface area (Å²) in [5.74, 6) is 1.29. The minimum atomic E-state index is 0. The van der Waals surface area contributed by atoms with Gasteiger partial charge in [-0.3, -0.25) is 4.79 Å². The molecule has 4 unspecified atom stereocenters. The molecule has 0 saturated heterocycles. The molecule has 0 aromatic rings. The Morgan fingerprint density at radius 1 is 1.11 bits per heavy atom. The fourth-order valence-corrected chi connectivity index (χ4v) is 3.52. The van der Waals surface area contributed by atoms with Gasteiger partial charge in [-0.1, -0.05) is 32.6 Å². The van der Waals surface area contributed by atoms with E-state index in [1.807, 2.05) is 0 Å². The quantitative estimate of drug-likeness (QED) is 0.839. The van der Waals surface area contributed by atoms with Gasteiger partial charge in [0.2, 0.25) is 5.91 Å². The van der Waals surface area contributed by atoms with Crippen LogP contribution in [0.2, 0.25) is 0 Å². The molecule has 3 nitrogen and oxygen atoms in total. The summed E-state index contributed by atoms with van der Waals surface area (Å²) in [6, 6.07) is 0.652. The molecule has 0 heterocycles. The molecule has 0 aromatic heterocycles. The Balaban J connectivity index is 0.00000180. The fraction of sp³-hybridized carbons (Fsp3) is 0.933. The largest absolute Gasteiger partial charge is 0.353 e. The first kappa shape index (κ1) is 16.8. The average molecular weight is 289 g/mol. The molecule has 2 aliphatic rings. The van der Waals surface area contributed by atoms with Crippen molar-refractivity contribution in [3.63, 3.8) is 0 Å². The van der Waals surface area contributed by atoms with Crippen LogP contribution in [0.3, 0.4) is 0 Å². The molecule has 2 aliphatic carbocycles. The maximum atomic E-state index is 12.1. The molecule has 0 spiro atoms. The van der Waals surface area contributed by atoms with Crippen molar-refractivity contribution >= 4 is 18.3 Å². The maximum Gasteiger partial charge on any atom is 0.220 e. The SMILES string of the molecule is CC1CCCCC1NC(=O)CC1CCCCC1N.Cl. The van der Waals surface area contributed by atoms with E-state index >= 15 is 0 Å². The maximum absolute atomic E-state index is 12.1. The third kappa shape index (κ3) is 4.96. The lowest BCUT2D eigenvalue weighted by Crippen LogP contribution is -2.43. The van der Waals surface area contributed by atoms with Crippen molar-refractivity contribution in [1.82, 2.24) is 5.32 Å². The van der Waals surface area contributed by atoms with Gasteiger partial charge in [0.05, 0.1) is 0 Å².